The average Bonchev–Trinajstić information content (AvgIpc) is 3.33. The lowest BCUT2D eigenvalue weighted by atomic mass is 9.80. The zero-order valence-electron chi connectivity index (χ0n) is 18.4. The van der Waals surface area contributed by atoms with Crippen LogP contribution in [0.25, 0.3) is 0 Å². The van der Waals surface area contributed by atoms with Gasteiger partial charge in [-0.3, -0.25) is 9.59 Å². The SMILES string of the molecule is Cc1ccccc1C1CC(=O)c2c(C)nc(N3CCN(C(=O)c4ccco4)CC3)nc2C1. The summed E-state index contributed by atoms with van der Waals surface area (Å²) >= 11 is 0. The standard InChI is InChI=1S/C25H26N4O3/c1-16-6-3-4-7-19(16)18-14-20-23(21(30)15-18)17(2)26-25(27-20)29-11-9-28(10-12-29)24(31)22-8-5-13-32-22/h3-8,13,18H,9-12,14-15H2,1-2H3. The number of fused-ring (bicyclic) bond motifs is 1. The fourth-order valence-electron chi connectivity index (χ4n) is 4.83. The molecule has 5 rings (SSSR count). The second-order valence-corrected chi connectivity index (χ2v) is 8.57. The van der Waals surface area contributed by atoms with Crippen molar-refractivity contribution in [3.63, 3.8) is 0 Å². The van der Waals surface area contributed by atoms with Gasteiger partial charge in [-0.25, -0.2) is 9.97 Å². The van der Waals surface area contributed by atoms with E-state index in [1.54, 1.807) is 17.0 Å². The highest BCUT2D eigenvalue weighted by molar-refractivity contribution is 5.99. The van der Waals surface area contributed by atoms with Crippen molar-refractivity contribution in [2.75, 3.05) is 31.1 Å². The summed E-state index contributed by atoms with van der Waals surface area (Å²) in [5.74, 6) is 1.17. The van der Waals surface area contributed by atoms with E-state index in [0.29, 0.717) is 49.9 Å². The van der Waals surface area contributed by atoms with E-state index in [0.717, 1.165) is 17.8 Å². The molecule has 0 bridgehead atoms. The van der Waals surface area contributed by atoms with Crippen LogP contribution in [0.15, 0.2) is 47.1 Å². The van der Waals surface area contributed by atoms with Gasteiger partial charge in [0.25, 0.3) is 5.91 Å². The van der Waals surface area contributed by atoms with Crippen LogP contribution in [0, 0.1) is 13.8 Å². The molecule has 3 heterocycles. The second-order valence-electron chi connectivity index (χ2n) is 8.57. The molecule has 1 saturated heterocycles. The van der Waals surface area contributed by atoms with Crippen LogP contribution < -0.4 is 4.90 Å². The number of hydrogen-bond acceptors (Lipinski definition) is 6. The number of rotatable bonds is 3. The zero-order valence-corrected chi connectivity index (χ0v) is 18.4. The number of amides is 1. The Hall–Kier alpha value is -3.48. The third kappa shape index (κ3) is 3.68. The number of aryl methyl sites for hydroxylation is 2. The summed E-state index contributed by atoms with van der Waals surface area (Å²) in [5, 5.41) is 0. The van der Waals surface area contributed by atoms with Crippen LogP contribution in [-0.4, -0.2) is 52.7 Å². The molecule has 1 aliphatic heterocycles. The highest BCUT2D eigenvalue weighted by atomic mass is 16.3. The molecular weight excluding hydrogens is 404 g/mol. The van der Waals surface area contributed by atoms with E-state index in [9.17, 15) is 9.59 Å². The van der Waals surface area contributed by atoms with Crippen molar-refractivity contribution in [2.24, 2.45) is 0 Å². The first-order valence-electron chi connectivity index (χ1n) is 11.0. The van der Waals surface area contributed by atoms with Gasteiger partial charge in [-0.05, 0) is 49.4 Å². The maximum Gasteiger partial charge on any atom is 0.289 e. The third-order valence-electron chi connectivity index (χ3n) is 6.51. The number of furan rings is 1. The van der Waals surface area contributed by atoms with Crippen molar-refractivity contribution in [1.29, 1.82) is 0 Å². The Balaban J connectivity index is 1.36. The van der Waals surface area contributed by atoms with Crippen molar-refractivity contribution >= 4 is 17.6 Å². The monoisotopic (exact) mass is 430 g/mol. The van der Waals surface area contributed by atoms with Crippen LogP contribution in [0.3, 0.4) is 0 Å². The lowest BCUT2D eigenvalue weighted by Crippen LogP contribution is -2.49. The van der Waals surface area contributed by atoms with Crippen LogP contribution in [0.4, 0.5) is 5.95 Å². The number of hydrogen-bond donors (Lipinski definition) is 0. The Morgan fingerprint density at radius 1 is 1.00 bits per heavy atom. The molecule has 2 aliphatic rings. The second kappa shape index (κ2) is 8.22. The van der Waals surface area contributed by atoms with Gasteiger partial charge >= 0.3 is 0 Å². The molecule has 7 nitrogen and oxygen atoms in total. The summed E-state index contributed by atoms with van der Waals surface area (Å²) in [6, 6.07) is 11.7. The fraction of sp³-hybridized carbons (Fsp3) is 0.360. The molecule has 1 aromatic carbocycles. The van der Waals surface area contributed by atoms with Crippen LogP contribution in [-0.2, 0) is 6.42 Å². The number of nitrogens with zero attached hydrogens (tertiary/aromatic N) is 4. The van der Waals surface area contributed by atoms with E-state index in [-0.39, 0.29) is 17.6 Å². The van der Waals surface area contributed by atoms with E-state index in [4.69, 9.17) is 9.40 Å². The van der Waals surface area contributed by atoms with Gasteiger partial charge in [0, 0.05) is 32.6 Å². The lowest BCUT2D eigenvalue weighted by Gasteiger charge is -2.35. The van der Waals surface area contributed by atoms with E-state index in [1.165, 1.54) is 17.4 Å². The topological polar surface area (TPSA) is 79.5 Å². The number of piperazine rings is 1. The van der Waals surface area contributed by atoms with Crippen molar-refractivity contribution in [3.8, 4) is 0 Å². The predicted molar refractivity (Wildman–Crippen MR) is 120 cm³/mol. The number of aromatic nitrogens is 2. The molecule has 0 spiro atoms. The number of ketones is 1. The molecule has 32 heavy (non-hydrogen) atoms. The van der Waals surface area contributed by atoms with Crippen LogP contribution in [0.1, 0.15) is 55.8 Å². The number of Topliss-reactive ketones (excluding diaryl/α,β-unsaturated/α-hetero) is 1. The Bertz CT molecular complexity index is 1160. The molecule has 0 radical (unpaired) electrons. The van der Waals surface area contributed by atoms with Crippen molar-refractivity contribution in [1.82, 2.24) is 14.9 Å². The quantitative estimate of drug-likeness (QED) is 0.632. The summed E-state index contributed by atoms with van der Waals surface area (Å²) in [6.07, 6.45) is 2.74. The van der Waals surface area contributed by atoms with Crippen molar-refractivity contribution in [3.05, 3.63) is 76.5 Å². The Morgan fingerprint density at radius 3 is 2.50 bits per heavy atom. The first-order chi connectivity index (χ1) is 15.5. The number of anilines is 1. The Kier molecular flexibility index (Phi) is 5.25. The van der Waals surface area contributed by atoms with E-state index >= 15 is 0 Å². The molecule has 7 heteroatoms. The minimum absolute atomic E-state index is 0.0936. The fourth-order valence-corrected chi connectivity index (χ4v) is 4.83. The smallest absolute Gasteiger partial charge is 0.289 e. The minimum Gasteiger partial charge on any atom is -0.459 e. The van der Waals surface area contributed by atoms with Gasteiger partial charge in [0.05, 0.1) is 23.2 Å². The maximum atomic E-state index is 13.0. The Labute approximate surface area is 187 Å². The van der Waals surface area contributed by atoms with E-state index in [2.05, 4.69) is 28.9 Å². The minimum atomic E-state index is -0.0936. The number of carbonyl (C=O) groups is 2. The van der Waals surface area contributed by atoms with Gasteiger partial charge in [0.15, 0.2) is 11.5 Å². The molecule has 2 aromatic heterocycles. The normalized spacial score (nSPS) is 18.6. The molecule has 0 N–H and O–H groups in total. The lowest BCUT2D eigenvalue weighted by molar-refractivity contribution is 0.0713. The van der Waals surface area contributed by atoms with E-state index < -0.39 is 0 Å². The zero-order chi connectivity index (χ0) is 22.2. The van der Waals surface area contributed by atoms with Crippen LogP contribution in [0.5, 0.6) is 0 Å². The first-order valence-corrected chi connectivity index (χ1v) is 11.0. The van der Waals surface area contributed by atoms with Gasteiger partial charge in [-0.2, -0.15) is 0 Å². The largest absolute Gasteiger partial charge is 0.459 e. The van der Waals surface area contributed by atoms with Crippen LogP contribution in [0.2, 0.25) is 0 Å². The molecule has 3 aromatic rings. The first kappa shape index (κ1) is 20.4. The predicted octanol–water partition coefficient (Wildman–Crippen LogP) is 3.56. The van der Waals surface area contributed by atoms with Crippen molar-refractivity contribution in [2.45, 2.75) is 32.6 Å². The van der Waals surface area contributed by atoms with Gasteiger partial charge < -0.3 is 14.2 Å². The Morgan fingerprint density at radius 2 is 1.78 bits per heavy atom. The number of benzene rings is 1. The molecule has 1 amide bonds. The number of carbonyl (C=O) groups excluding carboxylic acids is 2. The van der Waals surface area contributed by atoms with Gasteiger partial charge in [-0.15, -0.1) is 0 Å². The van der Waals surface area contributed by atoms with Crippen LogP contribution >= 0.6 is 0 Å². The summed E-state index contributed by atoms with van der Waals surface area (Å²) < 4.78 is 5.24. The molecule has 1 unspecified atom stereocenters. The summed E-state index contributed by atoms with van der Waals surface area (Å²) in [6.45, 7) is 6.41. The molecule has 1 fully saturated rings. The summed E-state index contributed by atoms with van der Waals surface area (Å²) in [4.78, 5) is 38.9. The van der Waals surface area contributed by atoms with Crippen molar-refractivity contribution < 1.29 is 14.0 Å². The van der Waals surface area contributed by atoms with Gasteiger partial charge in [0.1, 0.15) is 0 Å². The maximum absolute atomic E-state index is 13.0. The van der Waals surface area contributed by atoms with Gasteiger partial charge in [-0.1, -0.05) is 24.3 Å². The average molecular weight is 431 g/mol. The molecule has 0 saturated carbocycles. The highest BCUT2D eigenvalue weighted by Gasteiger charge is 2.32. The molecule has 1 atom stereocenters. The highest BCUT2D eigenvalue weighted by Crippen LogP contribution is 2.35. The molecule has 164 valence electrons. The summed E-state index contributed by atoms with van der Waals surface area (Å²) in [7, 11) is 0. The van der Waals surface area contributed by atoms with E-state index in [1.807, 2.05) is 19.1 Å². The molecular formula is C25H26N4O3. The third-order valence-corrected chi connectivity index (χ3v) is 6.51. The molecule has 1 aliphatic carbocycles. The van der Waals surface area contributed by atoms with Gasteiger partial charge in [0.2, 0.25) is 5.95 Å². The summed E-state index contributed by atoms with van der Waals surface area (Å²) in [5.41, 5.74) is 4.69.